The summed E-state index contributed by atoms with van der Waals surface area (Å²) in [5.41, 5.74) is 1.20. The molecule has 2 heterocycles. The number of benzene rings is 1. The summed E-state index contributed by atoms with van der Waals surface area (Å²) in [5, 5.41) is 3.54. The van der Waals surface area contributed by atoms with E-state index in [1.807, 2.05) is 13.8 Å². The SMILES string of the molecule is CCOC(=O)c1[nH]c2cc(OC)c(OC)cc2c1NC(=O)CCN1C[C@@H](C)O[C@H](C)C1. The molecule has 31 heavy (non-hydrogen) atoms. The third kappa shape index (κ3) is 5.29. The molecule has 0 saturated carbocycles. The van der Waals surface area contributed by atoms with Gasteiger partial charge in [0.25, 0.3) is 0 Å². The topological polar surface area (TPSA) is 102 Å². The van der Waals surface area contributed by atoms with Crippen molar-refractivity contribution in [1.82, 2.24) is 9.88 Å². The van der Waals surface area contributed by atoms with Gasteiger partial charge in [0.1, 0.15) is 5.69 Å². The average Bonchev–Trinajstić information content (AvgIpc) is 3.08. The van der Waals surface area contributed by atoms with Crippen LogP contribution in [0, 0.1) is 0 Å². The first-order valence-electron chi connectivity index (χ1n) is 10.5. The number of amides is 1. The summed E-state index contributed by atoms with van der Waals surface area (Å²) in [6, 6.07) is 3.46. The van der Waals surface area contributed by atoms with E-state index in [2.05, 4.69) is 15.2 Å². The molecule has 1 saturated heterocycles. The Morgan fingerprint density at radius 2 is 1.81 bits per heavy atom. The second-order valence-corrected chi connectivity index (χ2v) is 7.66. The van der Waals surface area contributed by atoms with Crippen molar-refractivity contribution in [3.05, 3.63) is 17.8 Å². The predicted molar refractivity (Wildman–Crippen MR) is 117 cm³/mol. The van der Waals surface area contributed by atoms with Crippen LogP contribution in [0.25, 0.3) is 10.9 Å². The van der Waals surface area contributed by atoms with Gasteiger partial charge in [-0.3, -0.25) is 9.69 Å². The Labute approximate surface area is 182 Å². The molecule has 170 valence electrons. The highest BCUT2D eigenvalue weighted by atomic mass is 16.5. The van der Waals surface area contributed by atoms with Crippen LogP contribution in [0.1, 0.15) is 37.7 Å². The van der Waals surface area contributed by atoms with Crippen LogP contribution in [0.15, 0.2) is 12.1 Å². The van der Waals surface area contributed by atoms with Crippen molar-refractivity contribution in [3.63, 3.8) is 0 Å². The average molecular weight is 434 g/mol. The molecule has 0 spiro atoms. The smallest absolute Gasteiger partial charge is 0.356 e. The highest BCUT2D eigenvalue weighted by Gasteiger charge is 2.25. The fraction of sp³-hybridized carbons (Fsp3) is 0.545. The van der Waals surface area contributed by atoms with Crippen LogP contribution in [0.2, 0.25) is 0 Å². The van der Waals surface area contributed by atoms with Crippen LogP contribution in [-0.2, 0) is 14.3 Å². The minimum absolute atomic E-state index is 0.137. The number of aromatic amines is 1. The van der Waals surface area contributed by atoms with Crippen LogP contribution in [-0.4, -0.2) is 74.4 Å². The lowest BCUT2D eigenvalue weighted by Crippen LogP contribution is -2.46. The Hall–Kier alpha value is -2.78. The highest BCUT2D eigenvalue weighted by Crippen LogP contribution is 2.37. The fourth-order valence-electron chi connectivity index (χ4n) is 3.94. The van der Waals surface area contributed by atoms with E-state index in [4.69, 9.17) is 18.9 Å². The normalized spacial score (nSPS) is 19.3. The second kappa shape index (κ2) is 10.0. The second-order valence-electron chi connectivity index (χ2n) is 7.66. The first-order chi connectivity index (χ1) is 14.9. The number of esters is 1. The molecule has 2 aromatic rings. The molecule has 0 unspecified atom stereocenters. The van der Waals surface area contributed by atoms with Crippen molar-refractivity contribution < 1.29 is 28.5 Å². The van der Waals surface area contributed by atoms with Gasteiger partial charge in [0.05, 0.1) is 44.2 Å². The van der Waals surface area contributed by atoms with E-state index in [0.717, 1.165) is 13.1 Å². The number of H-pyrrole nitrogens is 1. The van der Waals surface area contributed by atoms with Crippen LogP contribution >= 0.6 is 0 Å². The zero-order valence-corrected chi connectivity index (χ0v) is 18.7. The van der Waals surface area contributed by atoms with Gasteiger partial charge in [-0.05, 0) is 26.8 Å². The Morgan fingerprint density at radius 3 is 2.42 bits per heavy atom. The van der Waals surface area contributed by atoms with Gasteiger partial charge < -0.3 is 29.2 Å². The molecule has 0 radical (unpaired) electrons. The van der Waals surface area contributed by atoms with E-state index in [1.165, 1.54) is 14.2 Å². The highest BCUT2D eigenvalue weighted by molar-refractivity contribution is 6.11. The number of morpholine rings is 1. The molecule has 1 aliphatic rings. The summed E-state index contributed by atoms with van der Waals surface area (Å²) >= 11 is 0. The third-order valence-corrected chi connectivity index (χ3v) is 5.20. The number of carbonyl (C=O) groups excluding carboxylic acids is 2. The lowest BCUT2D eigenvalue weighted by molar-refractivity contribution is -0.117. The minimum atomic E-state index is -0.539. The number of anilines is 1. The molecule has 3 rings (SSSR count). The van der Waals surface area contributed by atoms with Crippen LogP contribution in [0.3, 0.4) is 0 Å². The van der Waals surface area contributed by atoms with Gasteiger partial charge >= 0.3 is 5.97 Å². The zero-order chi connectivity index (χ0) is 22.5. The summed E-state index contributed by atoms with van der Waals surface area (Å²) < 4.78 is 21.6. The van der Waals surface area contributed by atoms with Crippen LogP contribution in [0.5, 0.6) is 11.5 Å². The molecule has 1 amide bonds. The van der Waals surface area contributed by atoms with Gasteiger partial charge in [-0.2, -0.15) is 0 Å². The number of hydrogen-bond acceptors (Lipinski definition) is 7. The lowest BCUT2D eigenvalue weighted by atomic mass is 10.2. The van der Waals surface area contributed by atoms with E-state index >= 15 is 0 Å². The van der Waals surface area contributed by atoms with Crippen molar-refractivity contribution >= 4 is 28.5 Å². The quantitative estimate of drug-likeness (QED) is 0.617. The monoisotopic (exact) mass is 433 g/mol. The van der Waals surface area contributed by atoms with Crippen molar-refractivity contribution in [2.45, 2.75) is 39.4 Å². The van der Waals surface area contributed by atoms with Crippen molar-refractivity contribution in [1.29, 1.82) is 0 Å². The molecular formula is C22H31N3O6. The number of aromatic nitrogens is 1. The zero-order valence-electron chi connectivity index (χ0n) is 18.7. The van der Waals surface area contributed by atoms with E-state index in [1.54, 1.807) is 19.1 Å². The summed E-state index contributed by atoms with van der Waals surface area (Å²) in [6.07, 6.45) is 0.568. The number of nitrogens with one attached hydrogen (secondary N) is 2. The number of fused-ring (bicyclic) bond motifs is 1. The number of methoxy groups -OCH3 is 2. The summed E-state index contributed by atoms with van der Waals surface area (Å²) in [4.78, 5) is 30.6. The summed E-state index contributed by atoms with van der Waals surface area (Å²) in [6.45, 7) is 8.20. The van der Waals surface area contributed by atoms with Gasteiger partial charge in [0, 0.05) is 37.5 Å². The Kier molecular flexibility index (Phi) is 7.40. The molecule has 1 fully saturated rings. The first kappa shape index (κ1) is 22.9. The molecular weight excluding hydrogens is 402 g/mol. The maximum absolute atomic E-state index is 12.8. The van der Waals surface area contributed by atoms with E-state index in [9.17, 15) is 9.59 Å². The summed E-state index contributed by atoms with van der Waals surface area (Å²) in [7, 11) is 3.07. The molecule has 9 nitrogen and oxygen atoms in total. The Bertz CT molecular complexity index is 931. The molecule has 0 aliphatic carbocycles. The van der Waals surface area contributed by atoms with Crippen LogP contribution < -0.4 is 14.8 Å². The number of ether oxygens (including phenoxy) is 4. The van der Waals surface area contributed by atoms with Gasteiger partial charge in [-0.15, -0.1) is 0 Å². The standard InChI is InChI=1S/C22H31N3O6/c1-6-30-22(27)21-20(15-9-17(28-4)18(29-5)10-16(15)23-21)24-19(26)7-8-25-11-13(2)31-14(3)12-25/h9-10,13-14,23H,6-8,11-12H2,1-5H3,(H,24,26)/t13-,14-/m1/s1. The van der Waals surface area contributed by atoms with E-state index < -0.39 is 5.97 Å². The number of carbonyl (C=O) groups is 2. The molecule has 1 aromatic carbocycles. The van der Waals surface area contributed by atoms with Gasteiger partial charge in [0.15, 0.2) is 11.5 Å². The van der Waals surface area contributed by atoms with Crippen LogP contribution in [0.4, 0.5) is 5.69 Å². The lowest BCUT2D eigenvalue weighted by Gasteiger charge is -2.35. The summed E-state index contributed by atoms with van der Waals surface area (Å²) in [5.74, 6) is 0.284. The molecule has 2 atom stereocenters. The molecule has 1 aliphatic heterocycles. The van der Waals surface area contributed by atoms with Gasteiger partial charge in [-0.1, -0.05) is 0 Å². The van der Waals surface area contributed by atoms with Crippen molar-refractivity contribution in [3.8, 4) is 11.5 Å². The number of nitrogens with zero attached hydrogens (tertiary/aromatic N) is 1. The van der Waals surface area contributed by atoms with Crippen molar-refractivity contribution in [2.24, 2.45) is 0 Å². The Morgan fingerprint density at radius 1 is 1.16 bits per heavy atom. The largest absolute Gasteiger partial charge is 0.493 e. The molecule has 1 aromatic heterocycles. The molecule has 9 heteroatoms. The maximum atomic E-state index is 12.8. The van der Waals surface area contributed by atoms with E-state index in [-0.39, 0.29) is 30.4 Å². The molecule has 0 bridgehead atoms. The predicted octanol–water partition coefficient (Wildman–Crippen LogP) is 2.80. The molecule has 2 N–H and O–H groups in total. The van der Waals surface area contributed by atoms with Crippen molar-refractivity contribution in [2.75, 3.05) is 45.8 Å². The maximum Gasteiger partial charge on any atom is 0.356 e. The minimum Gasteiger partial charge on any atom is -0.493 e. The number of rotatable bonds is 8. The third-order valence-electron chi connectivity index (χ3n) is 5.20. The fourth-order valence-corrected chi connectivity index (χ4v) is 3.94. The van der Waals surface area contributed by atoms with E-state index in [0.29, 0.717) is 41.1 Å². The van der Waals surface area contributed by atoms with Gasteiger partial charge in [-0.25, -0.2) is 4.79 Å². The van der Waals surface area contributed by atoms with Gasteiger partial charge in [0.2, 0.25) is 5.91 Å². The Balaban J connectivity index is 1.83. The number of hydrogen-bond donors (Lipinski definition) is 2. The first-order valence-corrected chi connectivity index (χ1v) is 10.5.